The topological polar surface area (TPSA) is 94.9 Å². The standard InChI is InChI=1S/C12H17NO5S2/c1-8-6-10(19-11(8)12(15)16)20(17,18)13-4-2-9(7-14)3-5-13/h6,9,14H,2-5,7H2,1H3,(H,15,16). The highest BCUT2D eigenvalue weighted by Gasteiger charge is 2.31. The van der Waals surface area contributed by atoms with Crippen LogP contribution in [0.25, 0.3) is 0 Å². The van der Waals surface area contributed by atoms with E-state index in [9.17, 15) is 13.2 Å². The van der Waals surface area contributed by atoms with Crippen LogP contribution in [-0.2, 0) is 10.0 Å². The van der Waals surface area contributed by atoms with E-state index in [-0.39, 0.29) is 21.6 Å². The minimum atomic E-state index is -3.62. The summed E-state index contributed by atoms with van der Waals surface area (Å²) in [5.41, 5.74) is 0.464. The molecule has 0 radical (unpaired) electrons. The van der Waals surface area contributed by atoms with Gasteiger partial charge >= 0.3 is 5.97 Å². The Hall–Kier alpha value is -0.960. The zero-order valence-electron chi connectivity index (χ0n) is 11.1. The lowest BCUT2D eigenvalue weighted by atomic mass is 10.00. The fourth-order valence-electron chi connectivity index (χ4n) is 2.25. The van der Waals surface area contributed by atoms with E-state index in [0.717, 1.165) is 11.3 Å². The van der Waals surface area contributed by atoms with Gasteiger partial charge in [-0.05, 0) is 37.3 Å². The molecule has 2 heterocycles. The first-order valence-electron chi connectivity index (χ1n) is 6.31. The molecule has 0 atom stereocenters. The van der Waals surface area contributed by atoms with E-state index in [1.54, 1.807) is 6.92 Å². The number of hydrogen-bond donors (Lipinski definition) is 2. The van der Waals surface area contributed by atoms with Crippen LogP contribution >= 0.6 is 11.3 Å². The summed E-state index contributed by atoms with van der Waals surface area (Å²) in [7, 11) is -3.62. The number of sulfonamides is 1. The predicted molar refractivity (Wildman–Crippen MR) is 74.6 cm³/mol. The van der Waals surface area contributed by atoms with Crippen LogP contribution in [0.5, 0.6) is 0 Å². The average molecular weight is 319 g/mol. The number of hydrogen-bond acceptors (Lipinski definition) is 5. The SMILES string of the molecule is Cc1cc(S(=O)(=O)N2CCC(CO)CC2)sc1C(=O)O. The van der Waals surface area contributed by atoms with Gasteiger partial charge in [0.15, 0.2) is 0 Å². The van der Waals surface area contributed by atoms with Gasteiger partial charge in [0.1, 0.15) is 9.09 Å². The first-order chi connectivity index (χ1) is 9.36. The normalized spacial score (nSPS) is 18.3. The van der Waals surface area contributed by atoms with Crippen molar-refractivity contribution in [1.82, 2.24) is 4.31 Å². The molecule has 0 bridgehead atoms. The second kappa shape index (κ2) is 5.80. The minimum absolute atomic E-state index is 0.0637. The third kappa shape index (κ3) is 2.88. The van der Waals surface area contributed by atoms with Gasteiger partial charge in [0.05, 0.1) is 0 Å². The molecule has 112 valence electrons. The Labute approximate surface area is 121 Å². The molecule has 1 fully saturated rings. The highest BCUT2D eigenvalue weighted by Crippen LogP contribution is 2.30. The number of aliphatic hydroxyl groups excluding tert-OH is 1. The second-order valence-corrected chi connectivity index (χ2v) is 8.13. The first-order valence-corrected chi connectivity index (χ1v) is 8.56. The minimum Gasteiger partial charge on any atom is -0.477 e. The molecule has 8 heteroatoms. The summed E-state index contributed by atoms with van der Waals surface area (Å²) in [5.74, 6) is -0.950. The van der Waals surface area contributed by atoms with Gasteiger partial charge in [-0.15, -0.1) is 11.3 Å². The monoisotopic (exact) mass is 319 g/mol. The lowest BCUT2D eigenvalue weighted by molar-refractivity contribution is 0.0701. The fraction of sp³-hybridized carbons (Fsp3) is 0.583. The van der Waals surface area contributed by atoms with Gasteiger partial charge in [-0.3, -0.25) is 0 Å². The van der Waals surface area contributed by atoms with E-state index in [1.165, 1.54) is 10.4 Å². The van der Waals surface area contributed by atoms with Crippen molar-refractivity contribution in [2.75, 3.05) is 19.7 Å². The largest absolute Gasteiger partial charge is 0.477 e. The Balaban J connectivity index is 2.23. The number of rotatable bonds is 4. The molecule has 0 aliphatic carbocycles. The van der Waals surface area contributed by atoms with Crippen LogP contribution in [-0.4, -0.2) is 48.6 Å². The van der Waals surface area contributed by atoms with E-state index in [1.807, 2.05) is 0 Å². The van der Waals surface area contributed by atoms with Crippen molar-refractivity contribution in [1.29, 1.82) is 0 Å². The molecule has 1 aliphatic rings. The third-order valence-corrected chi connectivity index (χ3v) is 7.09. The Morgan fingerprint density at radius 1 is 1.45 bits per heavy atom. The lowest BCUT2D eigenvalue weighted by Gasteiger charge is -2.29. The van der Waals surface area contributed by atoms with Crippen molar-refractivity contribution in [3.63, 3.8) is 0 Å². The number of aliphatic hydroxyl groups is 1. The molecule has 0 saturated carbocycles. The van der Waals surface area contributed by atoms with Crippen molar-refractivity contribution in [2.45, 2.75) is 24.0 Å². The van der Waals surface area contributed by atoms with E-state index in [4.69, 9.17) is 10.2 Å². The highest BCUT2D eigenvalue weighted by atomic mass is 32.2. The fourth-order valence-corrected chi connectivity index (χ4v) is 5.26. The smallest absolute Gasteiger partial charge is 0.346 e. The summed E-state index contributed by atoms with van der Waals surface area (Å²) in [5, 5.41) is 18.1. The van der Waals surface area contributed by atoms with Crippen LogP contribution in [0.1, 0.15) is 28.1 Å². The summed E-state index contributed by atoms with van der Waals surface area (Å²) >= 11 is 0.796. The van der Waals surface area contributed by atoms with Crippen molar-refractivity contribution in [3.8, 4) is 0 Å². The van der Waals surface area contributed by atoms with Gasteiger partial charge in [0.2, 0.25) is 0 Å². The zero-order valence-corrected chi connectivity index (χ0v) is 12.7. The number of carboxylic acids is 1. The molecule has 0 aromatic carbocycles. The predicted octanol–water partition coefficient (Wildman–Crippen LogP) is 1.15. The molecule has 0 amide bonds. The van der Waals surface area contributed by atoms with Crippen molar-refractivity contribution in [2.24, 2.45) is 5.92 Å². The van der Waals surface area contributed by atoms with Crippen LogP contribution in [0, 0.1) is 12.8 Å². The molecule has 1 saturated heterocycles. The van der Waals surface area contributed by atoms with Crippen LogP contribution in [0.4, 0.5) is 0 Å². The number of aromatic carboxylic acids is 1. The van der Waals surface area contributed by atoms with Crippen LogP contribution in [0.2, 0.25) is 0 Å². The number of carboxylic acid groups (broad SMARTS) is 1. The second-order valence-electron chi connectivity index (χ2n) is 4.91. The molecule has 6 nitrogen and oxygen atoms in total. The van der Waals surface area contributed by atoms with E-state index < -0.39 is 16.0 Å². The van der Waals surface area contributed by atoms with Crippen LogP contribution in [0.3, 0.4) is 0 Å². The summed E-state index contributed by atoms with van der Waals surface area (Å²) in [6, 6.07) is 1.42. The van der Waals surface area contributed by atoms with E-state index in [2.05, 4.69) is 0 Å². The van der Waals surface area contributed by atoms with E-state index >= 15 is 0 Å². The van der Waals surface area contributed by atoms with Gasteiger partial charge in [0.25, 0.3) is 10.0 Å². The molecule has 1 aliphatic heterocycles. The van der Waals surface area contributed by atoms with Gasteiger partial charge in [0, 0.05) is 19.7 Å². The summed E-state index contributed by atoms with van der Waals surface area (Å²) in [4.78, 5) is 11.1. The molecule has 2 rings (SSSR count). The number of carbonyl (C=O) groups is 1. The Morgan fingerprint density at radius 3 is 2.50 bits per heavy atom. The van der Waals surface area contributed by atoms with Gasteiger partial charge in [-0.2, -0.15) is 4.31 Å². The molecule has 2 N–H and O–H groups in total. The molecule has 20 heavy (non-hydrogen) atoms. The molecule has 0 unspecified atom stereocenters. The van der Waals surface area contributed by atoms with Gasteiger partial charge in [-0.1, -0.05) is 0 Å². The van der Waals surface area contributed by atoms with Crippen LogP contribution in [0.15, 0.2) is 10.3 Å². The average Bonchev–Trinajstić information content (AvgIpc) is 2.82. The maximum Gasteiger partial charge on any atom is 0.346 e. The summed E-state index contributed by atoms with van der Waals surface area (Å²) in [6.07, 6.45) is 1.26. The first kappa shape index (κ1) is 15.4. The lowest BCUT2D eigenvalue weighted by Crippen LogP contribution is -2.38. The molecule has 1 aromatic heterocycles. The zero-order chi connectivity index (χ0) is 14.9. The van der Waals surface area contributed by atoms with Crippen molar-refractivity contribution < 1.29 is 23.4 Å². The maximum atomic E-state index is 12.5. The molecule has 1 aromatic rings. The highest BCUT2D eigenvalue weighted by molar-refractivity contribution is 7.91. The summed E-state index contributed by atoms with van der Waals surface area (Å²) in [6.45, 7) is 2.41. The van der Waals surface area contributed by atoms with Crippen LogP contribution < -0.4 is 0 Å². The third-order valence-electron chi connectivity index (χ3n) is 3.52. The van der Waals surface area contributed by atoms with Gasteiger partial charge < -0.3 is 10.2 Å². The van der Waals surface area contributed by atoms with Crippen molar-refractivity contribution >= 4 is 27.3 Å². The quantitative estimate of drug-likeness (QED) is 0.868. The van der Waals surface area contributed by atoms with Crippen molar-refractivity contribution in [3.05, 3.63) is 16.5 Å². The Kier molecular flexibility index (Phi) is 4.48. The van der Waals surface area contributed by atoms with Gasteiger partial charge in [-0.25, -0.2) is 13.2 Å². The Bertz CT molecular complexity index is 599. The Morgan fingerprint density at radius 2 is 2.05 bits per heavy atom. The molecular formula is C12H17NO5S2. The summed E-state index contributed by atoms with van der Waals surface area (Å²) < 4.78 is 26.4. The number of thiophene rings is 1. The maximum absolute atomic E-state index is 12.5. The van der Waals surface area contributed by atoms with E-state index in [0.29, 0.717) is 31.5 Å². The molecule has 0 spiro atoms. The number of piperidine rings is 1. The number of aryl methyl sites for hydroxylation is 1. The molecular weight excluding hydrogens is 302 g/mol. The number of nitrogens with zero attached hydrogens (tertiary/aromatic N) is 1.